The Balaban J connectivity index is 3.49. The highest BCUT2D eigenvalue weighted by Crippen LogP contribution is 2.33. The molecule has 0 atom stereocenters. The highest BCUT2D eigenvalue weighted by atomic mass is 16.5. The number of hydrogen-bond acceptors (Lipinski definition) is 4. The first kappa shape index (κ1) is 11.0. The topological polar surface area (TPSA) is 62.4 Å². The van der Waals surface area contributed by atoms with Gasteiger partial charge in [-0.15, -0.1) is 5.26 Å². The summed E-state index contributed by atoms with van der Waals surface area (Å²) in [7, 11) is 0. The van der Waals surface area contributed by atoms with Crippen molar-refractivity contribution in [3.63, 3.8) is 0 Å². The number of isocyanates is 1. The molecule has 0 spiro atoms. The van der Waals surface area contributed by atoms with Crippen LogP contribution in [-0.4, -0.2) is 6.08 Å². The molecular formula is C11H10N2O2. The molecule has 0 unspecified atom stereocenters. The summed E-state index contributed by atoms with van der Waals surface area (Å²) in [5.74, 6) is 0.426. The summed E-state index contributed by atoms with van der Waals surface area (Å²) in [5, 5.41) is 8.44. The van der Waals surface area contributed by atoms with Crippen molar-refractivity contribution in [1.29, 1.82) is 5.26 Å². The first-order valence-electron chi connectivity index (χ1n) is 4.36. The number of benzene rings is 1. The Bertz CT molecular complexity index is 480. The SMILES string of the molecule is Cc1cc(OC#N)c(C)c(N=C=O)c1C. The summed E-state index contributed by atoms with van der Waals surface area (Å²) in [6, 6.07) is 1.75. The van der Waals surface area contributed by atoms with Gasteiger partial charge in [-0.3, -0.25) is 0 Å². The zero-order valence-electron chi connectivity index (χ0n) is 8.79. The van der Waals surface area contributed by atoms with E-state index >= 15 is 0 Å². The first-order chi connectivity index (χ1) is 7.11. The highest BCUT2D eigenvalue weighted by molar-refractivity contribution is 5.64. The van der Waals surface area contributed by atoms with Gasteiger partial charge in [0.15, 0.2) is 0 Å². The average Bonchev–Trinajstić information content (AvgIpc) is 2.21. The molecule has 4 nitrogen and oxygen atoms in total. The third-order valence-electron chi connectivity index (χ3n) is 2.33. The number of nitriles is 1. The molecule has 76 valence electrons. The standard InChI is InChI=1S/C11H10N2O2/c1-7-4-10(15-5-12)9(3)11(8(7)2)13-6-14/h4H,1-3H3. The van der Waals surface area contributed by atoms with Crippen LogP contribution in [0.15, 0.2) is 11.1 Å². The van der Waals surface area contributed by atoms with Crippen molar-refractivity contribution in [2.24, 2.45) is 4.99 Å². The molecule has 0 saturated carbocycles. The Morgan fingerprint density at radius 2 is 2.00 bits per heavy atom. The maximum atomic E-state index is 10.3. The van der Waals surface area contributed by atoms with Gasteiger partial charge in [-0.1, -0.05) is 0 Å². The van der Waals surface area contributed by atoms with Crippen LogP contribution in [0.25, 0.3) is 0 Å². The van der Waals surface area contributed by atoms with Crippen molar-refractivity contribution in [3.05, 3.63) is 22.8 Å². The van der Waals surface area contributed by atoms with Crippen LogP contribution in [0, 0.1) is 32.3 Å². The summed E-state index contributed by atoms with van der Waals surface area (Å²) in [5.41, 5.74) is 3.00. The lowest BCUT2D eigenvalue weighted by Crippen LogP contribution is -1.92. The summed E-state index contributed by atoms with van der Waals surface area (Å²) >= 11 is 0. The van der Waals surface area contributed by atoms with Crippen LogP contribution < -0.4 is 4.74 Å². The molecule has 0 heterocycles. The molecule has 0 aliphatic rings. The number of nitrogens with zero attached hydrogens (tertiary/aromatic N) is 2. The van der Waals surface area contributed by atoms with Gasteiger partial charge in [0, 0.05) is 5.56 Å². The number of carbonyl (C=O) groups excluding carboxylic acids is 1. The number of hydrogen-bond donors (Lipinski definition) is 0. The van der Waals surface area contributed by atoms with E-state index in [1.54, 1.807) is 19.2 Å². The molecule has 0 bridgehead atoms. The molecule has 1 aromatic rings. The Kier molecular flexibility index (Phi) is 3.22. The van der Waals surface area contributed by atoms with Gasteiger partial charge in [-0.2, -0.15) is 4.99 Å². The molecule has 0 amide bonds. The van der Waals surface area contributed by atoms with Crippen LogP contribution in [-0.2, 0) is 4.79 Å². The van der Waals surface area contributed by atoms with E-state index in [4.69, 9.17) is 10.00 Å². The van der Waals surface area contributed by atoms with E-state index in [-0.39, 0.29) is 0 Å². The Labute approximate surface area is 87.8 Å². The molecule has 0 fully saturated rings. The number of aliphatic imine (C=N–C) groups is 1. The quantitative estimate of drug-likeness (QED) is 0.420. The lowest BCUT2D eigenvalue weighted by atomic mass is 10.0. The second kappa shape index (κ2) is 4.41. The van der Waals surface area contributed by atoms with Crippen molar-refractivity contribution in [2.45, 2.75) is 20.8 Å². The average molecular weight is 202 g/mol. The number of ether oxygens (including phenoxy) is 1. The van der Waals surface area contributed by atoms with Crippen molar-refractivity contribution in [3.8, 4) is 12.0 Å². The predicted octanol–water partition coefficient (Wildman–Crippen LogP) is 2.44. The minimum atomic E-state index is 0.426. The summed E-state index contributed by atoms with van der Waals surface area (Å²) in [6.07, 6.45) is 3.10. The van der Waals surface area contributed by atoms with Gasteiger partial charge in [0.2, 0.25) is 6.08 Å². The van der Waals surface area contributed by atoms with Crippen LogP contribution in [0.4, 0.5) is 5.69 Å². The normalized spacial score (nSPS) is 8.93. The smallest absolute Gasteiger partial charge is 0.292 e. The zero-order valence-corrected chi connectivity index (χ0v) is 8.79. The van der Waals surface area contributed by atoms with Gasteiger partial charge in [-0.25, -0.2) is 4.79 Å². The zero-order chi connectivity index (χ0) is 11.4. The van der Waals surface area contributed by atoms with Gasteiger partial charge in [0.1, 0.15) is 5.75 Å². The molecule has 0 aromatic heterocycles. The van der Waals surface area contributed by atoms with Gasteiger partial charge in [0.25, 0.3) is 6.26 Å². The van der Waals surface area contributed by atoms with Crippen LogP contribution in [0.3, 0.4) is 0 Å². The van der Waals surface area contributed by atoms with Crippen LogP contribution in [0.2, 0.25) is 0 Å². The molecule has 1 aromatic carbocycles. The minimum absolute atomic E-state index is 0.426. The van der Waals surface area contributed by atoms with Crippen molar-refractivity contribution < 1.29 is 9.53 Å². The third kappa shape index (κ3) is 2.04. The molecule has 0 aliphatic carbocycles. The van der Waals surface area contributed by atoms with Crippen molar-refractivity contribution >= 4 is 11.8 Å². The van der Waals surface area contributed by atoms with Crippen LogP contribution in [0.5, 0.6) is 5.75 Å². The largest absolute Gasteiger partial charge is 0.388 e. The number of aryl methyl sites for hydroxylation is 1. The van der Waals surface area contributed by atoms with Crippen molar-refractivity contribution in [1.82, 2.24) is 0 Å². The predicted molar refractivity (Wildman–Crippen MR) is 54.7 cm³/mol. The Hall–Kier alpha value is -2.11. The molecule has 4 heteroatoms. The Morgan fingerprint density at radius 1 is 1.33 bits per heavy atom. The lowest BCUT2D eigenvalue weighted by molar-refractivity contribution is 0.502. The fourth-order valence-corrected chi connectivity index (χ4v) is 1.37. The highest BCUT2D eigenvalue weighted by Gasteiger charge is 2.11. The van der Waals surface area contributed by atoms with Gasteiger partial charge < -0.3 is 4.74 Å². The minimum Gasteiger partial charge on any atom is -0.388 e. The lowest BCUT2D eigenvalue weighted by Gasteiger charge is -2.09. The fourth-order valence-electron chi connectivity index (χ4n) is 1.37. The first-order valence-corrected chi connectivity index (χ1v) is 4.36. The molecule has 0 aliphatic heterocycles. The summed E-state index contributed by atoms with van der Waals surface area (Å²) in [6.45, 7) is 5.47. The molecule has 1 rings (SSSR count). The third-order valence-corrected chi connectivity index (χ3v) is 2.33. The molecule has 0 radical (unpaired) electrons. The van der Waals surface area contributed by atoms with Gasteiger partial charge in [0.05, 0.1) is 5.69 Å². The molecule has 15 heavy (non-hydrogen) atoms. The monoisotopic (exact) mass is 202 g/mol. The van der Waals surface area contributed by atoms with E-state index in [0.29, 0.717) is 17.0 Å². The number of rotatable bonds is 2. The maximum Gasteiger partial charge on any atom is 0.292 e. The van der Waals surface area contributed by atoms with Gasteiger partial charge >= 0.3 is 0 Å². The second-order valence-electron chi connectivity index (χ2n) is 3.19. The van der Waals surface area contributed by atoms with E-state index in [2.05, 4.69) is 4.99 Å². The van der Waals surface area contributed by atoms with Crippen LogP contribution in [0.1, 0.15) is 16.7 Å². The van der Waals surface area contributed by atoms with Crippen molar-refractivity contribution in [2.75, 3.05) is 0 Å². The van der Waals surface area contributed by atoms with E-state index in [9.17, 15) is 4.79 Å². The maximum absolute atomic E-state index is 10.3. The van der Waals surface area contributed by atoms with E-state index < -0.39 is 0 Å². The summed E-state index contributed by atoms with van der Waals surface area (Å²) in [4.78, 5) is 13.9. The van der Waals surface area contributed by atoms with Gasteiger partial charge in [-0.05, 0) is 38.0 Å². The summed E-state index contributed by atoms with van der Waals surface area (Å²) < 4.78 is 4.78. The van der Waals surface area contributed by atoms with E-state index in [0.717, 1.165) is 11.1 Å². The van der Waals surface area contributed by atoms with E-state index in [1.165, 1.54) is 6.08 Å². The van der Waals surface area contributed by atoms with E-state index in [1.807, 2.05) is 13.8 Å². The van der Waals surface area contributed by atoms with Crippen LogP contribution >= 0.6 is 0 Å². The molecular weight excluding hydrogens is 192 g/mol. The molecule has 0 saturated heterocycles. The fraction of sp³-hybridized carbons (Fsp3) is 0.273. The second-order valence-corrected chi connectivity index (χ2v) is 3.19. The molecule has 0 N–H and O–H groups in total. The Morgan fingerprint density at radius 3 is 2.53 bits per heavy atom.